The normalized spacial score (nSPS) is 23.5. The minimum absolute atomic E-state index is 0.00677. The molecule has 1 aliphatic carbocycles. The summed E-state index contributed by atoms with van der Waals surface area (Å²) in [5.74, 6) is 5.63. The summed E-state index contributed by atoms with van der Waals surface area (Å²) in [5.41, 5.74) is 2.37. The highest BCUT2D eigenvalue weighted by Gasteiger charge is 2.30. The molecule has 6 nitrogen and oxygen atoms in total. The molecule has 1 aromatic rings. The molecular formula is C11H18N4O2S2. The number of aromatic nitrogens is 1. The minimum atomic E-state index is -3.51. The van der Waals surface area contributed by atoms with Crippen LogP contribution in [-0.4, -0.2) is 30.9 Å². The van der Waals surface area contributed by atoms with Crippen LogP contribution in [0.2, 0.25) is 0 Å². The maximum Gasteiger partial charge on any atom is 0.242 e. The Hall–Kier alpha value is -0.830. The van der Waals surface area contributed by atoms with Gasteiger partial charge in [0.1, 0.15) is 10.7 Å². The van der Waals surface area contributed by atoms with E-state index < -0.39 is 10.0 Å². The first-order chi connectivity index (χ1) is 9.06. The van der Waals surface area contributed by atoms with Crippen molar-refractivity contribution in [3.63, 3.8) is 0 Å². The van der Waals surface area contributed by atoms with Crippen LogP contribution in [0.4, 0.5) is 5.82 Å². The third kappa shape index (κ3) is 3.38. The van der Waals surface area contributed by atoms with E-state index >= 15 is 0 Å². The van der Waals surface area contributed by atoms with E-state index in [0.717, 1.165) is 19.3 Å². The Balaban J connectivity index is 2.13. The summed E-state index contributed by atoms with van der Waals surface area (Å²) in [6.07, 6.45) is 6.33. The lowest BCUT2D eigenvalue weighted by Crippen LogP contribution is -2.38. The maximum absolute atomic E-state index is 12.2. The average molecular weight is 302 g/mol. The maximum atomic E-state index is 12.2. The third-order valence-corrected chi connectivity index (χ3v) is 5.90. The number of pyridine rings is 1. The highest BCUT2D eigenvalue weighted by atomic mass is 32.2. The fraction of sp³-hybridized carbons (Fsp3) is 0.545. The molecule has 1 aliphatic rings. The summed E-state index contributed by atoms with van der Waals surface area (Å²) in [5, 5.41) is 0.354. The van der Waals surface area contributed by atoms with Gasteiger partial charge in [-0.1, -0.05) is 6.42 Å². The highest BCUT2D eigenvalue weighted by molar-refractivity contribution is 7.99. The number of thioether (sulfide) groups is 1. The first kappa shape index (κ1) is 14.6. The molecule has 0 aliphatic heterocycles. The van der Waals surface area contributed by atoms with Crippen LogP contribution in [0.5, 0.6) is 0 Å². The highest BCUT2D eigenvalue weighted by Crippen LogP contribution is 2.29. The van der Waals surface area contributed by atoms with Gasteiger partial charge in [-0.2, -0.15) is 11.8 Å². The number of nitrogens with zero attached hydrogens (tertiary/aromatic N) is 1. The number of nitrogens with one attached hydrogen (secondary N) is 2. The van der Waals surface area contributed by atoms with E-state index in [0.29, 0.717) is 11.1 Å². The fourth-order valence-corrected chi connectivity index (χ4v) is 4.51. The third-order valence-electron chi connectivity index (χ3n) is 3.26. The van der Waals surface area contributed by atoms with Crippen molar-refractivity contribution < 1.29 is 8.42 Å². The summed E-state index contributed by atoms with van der Waals surface area (Å²) in [6, 6.07) is 3.04. The van der Waals surface area contributed by atoms with Gasteiger partial charge in [0, 0.05) is 17.5 Å². The Kier molecular flexibility index (Phi) is 4.67. The summed E-state index contributed by atoms with van der Waals surface area (Å²) in [7, 11) is -3.51. The quantitative estimate of drug-likeness (QED) is 0.553. The van der Waals surface area contributed by atoms with Gasteiger partial charge in [-0.3, -0.25) is 0 Å². The van der Waals surface area contributed by atoms with Crippen molar-refractivity contribution in [2.45, 2.75) is 35.4 Å². The van der Waals surface area contributed by atoms with E-state index in [-0.39, 0.29) is 10.9 Å². The molecule has 1 aromatic heterocycles. The number of hydrogen-bond donors (Lipinski definition) is 3. The summed E-state index contributed by atoms with van der Waals surface area (Å²) < 4.78 is 27.2. The Morgan fingerprint density at radius 3 is 2.79 bits per heavy atom. The zero-order chi connectivity index (χ0) is 13.9. The Bertz CT molecular complexity index is 518. The van der Waals surface area contributed by atoms with Crippen LogP contribution in [0.25, 0.3) is 0 Å². The molecule has 19 heavy (non-hydrogen) atoms. The van der Waals surface area contributed by atoms with E-state index in [2.05, 4.69) is 15.1 Å². The number of rotatable bonds is 5. The molecule has 0 saturated heterocycles. The smallest absolute Gasteiger partial charge is 0.242 e. The lowest BCUT2D eigenvalue weighted by molar-refractivity contribution is 0.555. The van der Waals surface area contributed by atoms with Gasteiger partial charge < -0.3 is 5.43 Å². The number of nitrogen functional groups attached to an aromatic ring is 1. The van der Waals surface area contributed by atoms with Gasteiger partial charge in [0.2, 0.25) is 10.0 Å². The van der Waals surface area contributed by atoms with Crippen LogP contribution in [0.3, 0.4) is 0 Å². The lowest BCUT2D eigenvalue weighted by Gasteiger charge is -2.19. The minimum Gasteiger partial charge on any atom is -0.308 e. The second kappa shape index (κ2) is 6.08. The Labute approximate surface area is 117 Å². The lowest BCUT2D eigenvalue weighted by atomic mass is 10.3. The van der Waals surface area contributed by atoms with Crippen molar-refractivity contribution in [3.8, 4) is 0 Å². The van der Waals surface area contributed by atoms with Gasteiger partial charge in [-0.25, -0.2) is 24.0 Å². The van der Waals surface area contributed by atoms with Crippen LogP contribution in [0.15, 0.2) is 23.2 Å². The zero-order valence-electron chi connectivity index (χ0n) is 10.7. The van der Waals surface area contributed by atoms with Crippen molar-refractivity contribution >= 4 is 27.6 Å². The number of hydrazine groups is 1. The van der Waals surface area contributed by atoms with Gasteiger partial charge in [-0.15, -0.1) is 0 Å². The molecule has 2 atom stereocenters. The van der Waals surface area contributed by atoms with E-state index in [1.165, 1.54) is 18.3 Å². The van der Waals surface area contributed by atoms with Crippen molar-refractivity contribution in [3.05, 3.63) is 18.3 Å². The molecule has 1 saturated carbocycles. The number of anilines is 1. The van der Waals surface area contributed by atoms with Gasteiger partial charge >= 0.3 is 0 Å². The molecule has 2 unspecified atom stereocenters. The first-order valence-corrected chi connectivity index (χ1v) is 8.81. The predicted molar refractivity (Wildman–Crippen MR) is 77.3 cm³/mol. The molecule has 1 fully saturated rings. The van der Waals surface area contributed by atoms with Crippen LogP contribution < -0.4 is 16.0 Å². The molecule has 106 valence electrons. The first-order valence-electron chi connectivity index (χ1n) is 6.04. The molecule has 0 radical (unpaired) electrons. The number of hydrogen-bond acceptors (Lipinski definition) is 6. The molecule has 8 heteroatoms. The summed E-state index contributed by atoms with van der Waals surface area (Å²) in [4.78, 5) is 4.08. The predicted octanol–water partition coefficient (Wildman–Crippen LogP) is 0.930. The van der Waals surface area contributed by atoms with Crippen molar-refractivity contribution in [2.75, 3.05) is 11.7 Å². The van der Waals surface area contributed by atoms with Gasteiger partial charge in [0.05, 0.1) is 0 Å². The van der Waals surface area contributed by atoms with E-state index in [4.69, 9.17) is 5.84 Å². The van der Waals surface area contributed by atoms with Crippen molar-refractivity contribution in [1.29, 1.82) is 0 Å². The zero-order valence-corrected chi connectivity index (χ0v) is 12.3. The van der Waals surface area contributed by atoms with E-state index in [1.54, 1.807) is 11.8 Å². The molecule has 4 N–H and O–H groups in total. The molecular weight excluding hydrogens is 284 g/mol. The fourth-order valence-electron chi connectivity index (χ4n) is 2.23. The van der Waals surface area contributed by atoms with Gasteiger partial charge in [-0.05, 0) is 31.2 Å². The molecule has 0 spiro atoms. The SMILES string of the molecule is CSC1CCCC1NS(=O)(=O)c1ccc(NN)nc1. The van der Waals surface area contributed by atoms with Crippen LogP contribution in [0.1, 0.15) is 19.3 Å². The molecule has 2 rings (SSSR count). The van der Waals surface area contributed by atoms with Crippen molar-refractivity contribution in [1.82, 2.24) is 9.71 Å². The molecule has 0 bridgehead atoms. The second-order valence-corrected chi connectivity index (χ2v) is 7.25. The van der Waals surface area contributed by atoms with E-state index in [1.807, 2.05) is 6.26 Å². The standard InChI is InChI=1S/C11H18N4O2S2/c1-18-10-4-2-3-9(10)15-19(16,17)8-5-6-11(14-12)13-7-8/h5-7,9-10,15H,2-4,12H2,1H3,(H,13,14). The number of sulfonamides is 1. The number of nitrogens with two attached hydrogens (primary N) is 1. The molecule has 0 amide bonds. The summed E-state index contributed by atoms with van der Waals surface area (Å²) in [6.45, 7) is 0. The van der Waals surface area contributed by atoms with Crippen LogP contribution in [-0.2, 0) is 10.0 Å². The van der Waals surface area contributed by atoms with E-state index in [9.17, 15) is 8.42 Å². The monoisotopic (exact) mass is 302 g/mol. The summed E-state index contributed by atoms with van der Waals surface area (Å²) >= 11 is 1.71. The second-order valence-electron chi connectivity index (χ2n) is 4.46. The molecule has 0 aromatic carbocycles. The van der Waals surface area contributed by atoms with Crippen LogP contribution in [0, 0.1) is 0 Å². The topological polar surface area (TPSA) is 97.1 Å². The van der Waals surface area contributed by atoms with Crippen molar-refractivity contribution in [2.24, 2.45) is 5.84 Å². The Morgan fingerprint density at radius 2 is 2.21 bits per heavy atom. The average Bonchev–Trinajstić information content (AvgIpc) is 2.85. The Morgan fingerprint density at radius 1 is 1.42 bits per heavy atom. The largest absolute Gasteiger partial charge is 0.308 e. The van der Waals surface area contributed by atoms with Gasteiger partial charge in [0.15, 0.2) is 0 Å². The van der Waals surface area contributed by atoms with Crippen LogP contribution >= 0.6 is 11.8 Å². The molecule has 1 heterocycles. The van der Waals surface area contributed by atoms with Gasteiger partial charge in [0.25, 0.3) is 0 Å².